The largest absolute Gasteiger partial charge is 0.353 e. The van der Waals surface area contributed by atoms with Gasteiger partial charge in [-0.2, -0.15) is 5.10 Å². The number of nitrogens with one attached hydrogen (secondary N) is 2. The van der Waals surface area contributed by atoms with E-state index in [-0.39, 0.29) is 0 Å². The first kappa shape index (κ1) is 17.1. The van der Waals surface area contributed by atoms with Crippen molar-refractivity contribution in [2.45, 2.75) is 6.92 Å². The summed E-state index contributed by atoms with van der Waals surface area (Å²) >= 11 is 1.69. The zero-order chi connectivity index (χ0) is 20.1. The van der Waals surface area contributed by atoms with Crippen molar-refractivity contribution in [3.05, 3.63) is 72.1 Å². The van der Waals surface area contributed by atoms with Crippen molar-refractivity contribution in [3.8, 4) is 33.1 Å². The normalized spacial score (nSPS) is 11.5. The van der Waals surface area contributed by atoms with Crippen LogP contribution in [0.2, 0.25) is 0 Å². The molecule has 0 saturated heterocycles. The van der Waals surface area contributed by atoms with Gasteiger partial charge in [0.1, 0.15) is 5.69 Å². The summed E-state index contributed by atoms with van der Waals surface area (Å²) in [7, 11) is 0. The quantitative estimate of drug-likeness (QED) is 0.399. The third-order valence-electron chi connectivity index (χ3n) is 5.32. The molecule has 6 heterocycles. The molecule has 2 N–H and O–H groups in total. The minimum Gasteiger partial charge on any atom is -0.353 e. The molecular weight excluding hydrogens is 392 g/mol. The molecule has 7 heteroatoms. The van der Waals surface area contributed by atoms with Crippen LogP contribution in [-0.2, 0) is 0 Å². The molecule has 0 aliphatic heterocycles. The molecule has 0 spiro atoms. The minimum atomic E-state index is 0.755. The maximum Gasteiger partial charge on any atom is 0.155 e. The Morgan fingerprint density at radius 2 is 1.90 bits per heavy atom. The molecule has 0 saturated carbocycles. The molecule has 0 bridgehead atoms. The lowest BCUT2D eigenvalue weighted by molar-refractivity contribution is 1.10. The van der Waals surface area contributed by atoms with E-state index >= 15 is 0 Å². The molecule has 6 aromatic heterocycles. The van der Waals surface area contributed by atoms with Crippen LogP contribution in [0.3, 0.4) is 0 Å². The second-order valence-corrected chi connectivity index (χ2v) is 8.11. The predicted octanol–water partition coefficient (Wildman–Crippen LogP) is 5.60. The zero-order valence-corrected chi connectivity index (χ0v) is 16.9. The van der Waals surface area contributed by atoms with E-state index in [0.29, 0.717) is 0 Å². The molecule has 6 rings (SSSR count). The first-order chi connectivity index (χ1) is 14.8. The summed E-state index contributed by atoms with van der Waals surface area (Å²) < 4.78 is 0. The summed E-state index contributed by atoms with van der Waals surface area (Å²) in [6, 6.07) is 12.4. The number of hydrogen-bond donors (Lipinski definition) is 2. The number of thiophene rings is 1. The van der Waals surface area contributed by atoms with Crippen LogP contribution in [0.15, 0.2) is 66.6 Å². The van der Waals surface area contributed by atoms with Gasteiger partial charge in [-0.3, -0.25) is 15.1 Å². The van der Waals surface area contributed by atoms with Gasteiger partial charge in [0.15, 0.2) is 5.65 Å². The first-order valence-corrected chi connectivity index (χ1v) is 10.4. The van der Waals surface area contributed by atoms with E-state index in [1.807, 2.05) is 36.8 Å². The van der Waals surface area contributed by atoms with Crippen LogP contribution in [0.5, 0.6) is 0 Å². The van der Waals surface area contributed by atoms with Gasteiger partial charge in [0, 0.05) is 52.2 Å². The smallest absolute Gasteiger partial charge is 0.155 e. The van der Waals surface area contributed by atoms with E-state index in [1.165, 1.54) is 0 Å². The highest BCUT2D eigenvalue weighted by Gasteiger charge is 2.16. The standard InChI is InChI=1S/C23H16N6S/c1-13-4-6-24-12-17(13)14-9-16-21(28-29-23(16)26-11-14)19-10-15-18(27-19)5-7-25-22(15)20-3-2-8-30-20/h2-12,27H,1H3,(H,26,28,29). The van der Waals surface area contributed by atoms with Gasteiger partial charge >= 0.3 is 0 Å². The van der Waals surface area contributed by atoms with Crippen molar-refractivity contribution in [1.29, 1.82) is 0 Å². The Bertz CT molecular complexity index is 1510. The first-order valence-electron chi connectivity index (χ1n) is 9.55. The molecular formula is C23H16N6S. The summed E-state index contributed by atoms with van der Waals surface area (Å²) in [5.74, 6) is 0. The predicted molar refractivity (Wildman–Crippen MR) is 120 cm³/mol. The summed E-state index contributed by atoms with van der Waals surface area (Å²) in [6.07, 6.45) is 7.38. The Morgan fingerprint density at radius 1 is 0.933 bits per heavy atom. The third-order valence-corrected chi connectivity index (χ3v) is 6.20. The van der Waals surface area contributed by atoms with Gasteiger partial charge in [-0.05, 0) is 48.2 Å². The lowest BCUT2D eigenvalue weighted by Gasteiger charge is -2.04. The Morgan fingerprint density at radius 3 is 2.77 bits per heavy atom. The van der Waals surface area contributed by atoms with Gasteiger partial charge in [0.2, 0.25) is 0 Å². The molecule has 0 radical (unpaired) electrons. The van der Waals surface area contributed by atoms with Crippen LogP contribution in [0.25, 0.3) is 55.0 Å². The fraction of sp³-hybridized carbons (Fsp3) is 0.0435. The van der Waals surface area contributed by atoms with E-state index in [0.717, 1.165) is 60.6 Å². The Balaban J connectivity index is 1.53. The molecule has 0 aliphatic carbocycles. The van der Waals surface area contributed by atoms with E-state index in [9.17, 15) is 0 Å². The zero-order valence-electron chi connectivity index (χ0n) is 16.0. The highest BCUT2D eigenvalue weighted by molar-refractivity contribution is 7.13. The van der Waals surface area contributed by atoms with Crippen LogP contribution in [0.4, 0.5) is 0 Å². The number of aromatic amines is 2. The molecule has 0 aromatic carbocycles. The number of fused-ring (bicyclic) bond motifs is 2. The van der Waals surface area contributed by atoms with E-state index in [4.69, 9.17) is 0 Å². The van der Waals surface area contributed by atoms with Crippen LogP contribution < -0.4 is 0 Å². The van der Waals surface area contributed by atoms with E-state index in [1.54, 1.807) is 17.5 Å². The summed E-state index contributed by atoms with van der Waals surface area (Å²) in [5, 5.41) is 11.7. The average molecular weight is 408 g/mol. The lowest BCUT2D eigenvalue weighted by atomic mass is 10.0. The average Bonchev–Trinajstić information content (AvgIpc) is 3.51. The summed E-state index contributed by atoms with van der Waals surface area (Å²) in [6.45, 7) is 2.08. The summed E-state index contributed by atoms with van der Waals surface area (Å²) in [5.41, 5.74) is 7.80. The second-order valence-electron chi connectivity index (χ2n) is 7.16. The maximum absolute atomic E-state index is 4.61. The summed E-state index contributed by atoms with van der Waals surface area (Å²) in [4.78, 5) is 18.1. The highest BCUT2D eigenvalue weighted by Crippen LogP contribution is 2.35. The van der Waals surface area contributed by atoms with Gasteiger partial charge in [0.05, 0.1) is 16.3 Å². The second kappa shape index (κ2) is 6.60. The number of pyridine rings is 3. The number of rotatable bonds is 3. The van der Waals surface area contributed by atoms with Gasteiger partial charge < -0.3 is 4.98 Å². The monoisotopic (exact) mass is 408 g/mol. The third kappa shape index (κ3) is 2.63. The molecule has 30 heavy (non-hydrogen) atoms. The van der Waals surface area contributed by atoms with Crippen molar-refractivity contribution in [2.75, 3.05) is 0 Å². The van der Waals surface area contributed by atoms with Crippen molar-refractivity contribution in [2.24, 2.45) is 0 Å². The van der Waals surface area contributed by atoms with Crippen LogP contribution >= 0.6 is 11.3 Å². The fourth-order valence-electron chi connectivity index (χ4n) is 3.81. The van der Waals surface area contributed by atoms with Gasteiger partial charge in [-0.15, -0.1) is 11.3 Å². The van der Waals surface area contributed by atoms with Gasteiger partial charge in [-0.25, -0.2) is 4.98 Å². The molecule has 0 amide bonds. The molecule has 0 atom stereocenters. The lowest BCUT2D eigenvalue weighted by Crippen LogP contribution is -1.87. The van der Waals surface area contributed by atoms with Crippen LogP contribution in [0.1, 0.15) is 5.56 Å². The molecule has 6 aromatic rings. The number of aryl methyl sites for hydroxylation is 1. The molecule has 144 valence electrons. The Kier molecular flexibility index (Phi) is 3.75. The SMILES string of the molecule is Cc1ccncc1-c1cnc2[nH]nc(-c3cc4c(-c5cccs5)nccc4[nH]3)c2c1. The molecule has 0 unspecified atom stereocenters. The van der Waals surface area contributed by atoms with E-state index in [2.05, 4.69) is 60.6 Å². The van der Waals surface area contributed by atoms with Crippen molar-refractivity contribution in [1.82, 2.24) is 30.1 Å². The fourth-order valence-corrected chi connectivity index (χ4v) is 4.55. The van der Waals surface area contributed by atoms with Gasteiger partial charge in [-0.1, -0.05) is 6.07 Å². The van der Waals surface area contributed by atoms with Crippen molar-refractivity contribution in [3.63, 3.8) is 0 Å². The van der Waals surface area contributed by atoms with Crippen molar-refractivity contribution < 1.29 is 0 Å². The molecule has 6 nitrogen and oxygen atoms in total. The van der Waals surface area contributed by atoms with Crippen LogP contribution in [0, 0.1) is 6.92 Å². The molecule has 0 fully saturated rings. The Labute approximate surface area is 175 Å². The van der Waals surface area contributed by atoms with Crippen LogP contribution in [-0.4, -0.2) is 30.1 Å². The number of aromatic nitrogens is 6. The molecule has 0 aliphatic rings. The Hall–Kier alpha value is -3.84. The topological polar surface area (TPSA) is 83.1 Å². The minimum absolute atomic E-state index is 0.755. The highest BCUT2D eigenvalue weighted by atomic mass is 32.1. The maximum atomic E-state index is 4.61. The number of nitrogens with zero attached hydrogens (tertiary/aromatic N) is 4. The number of hydrogen-bond acceptors (Lipinski definition) is 5. The van der Waals surface area contributed by atoms with Crippen molar-refractivity contribution >= 4 is 33.3 Å². The van der Waals surface area contributed by atoms with Gasteiger partial charge in [0.25, 0.3) is 0 Å². The number of H-pyrrole nitrogens is 2. The van der Waals surface area contributed by atoms with E-state index < -0.39 is 0 Å².